The molecule has 0 aliphatic rings. The number of alkyl halides is 2. The number of pyridine rings is 1. The van der Waals surface area contributed by atoms with Crippen molar-refractivity contribution in [3.8, 4) is 6.07 Å². The SMILES string of the molecule is N#Cc1c(N)cc(I)nc1C(F)F. The number of rotatable bonds is 1. The second kappa shape index (κ2) is 3.83. The van der Waals surface area contributed by atoms with Crippen molar-refractivity contribution in [2.75, 3.05) is 5.73 Å². The summed E-state index contributed by atoms with van der Waals surface area (Å²) in [6, 6.07) is 2.98. The fourth-order valence-corrected chi connectivity index (χ4v) is 1.43. The van der Waals surface area contributed by atoms with E-state index in [2.05, 4.69) is 4.98 Å². The van der Waals surface area contributed by atoms with Crippen molar-refractivity contribution in [1.82, 2.24) is 4.98 Å². The van der Waals surface area contributed by atoms with E-state index in [-0.39, 0.29) is 11.3 Å². The highest BCUT2D eigenvalue weighted by atomic mass is 127. The second-order valence-corrected chi connectivity index (χ2v) is 3.31. The van der Waals surface area contributed by atoms with E-state index in [0.717, 1.165) is 0 Å². The van der Waals surface area contributed by atoms with Crippen LogP contribution in [0.1, 0.15) is 17.7 Å². The molecule has 0 bridgehead atoms. The number of nitrogens with two attached hydrogens (primary N) is 1. The van der Waals surface area contributed by atoms with E-state index in [1.807, 2.05) is 0 Å². The normalized spacial score (nSPS) is 10.1. The van der Waals surface area contributed by atoms with Crippen LogP contribution in [-0.4, -0.2) is 4.98 Å². The number of hydrogen-bond donors (Lipinski definition) is 1. The quantitative estimate of drug-likeness (QED) is 0.637. The molecule has 0 spiro atoms. The van der Waals surface area contributed by atoms with E-state index in [1.54, 1.807) is 28.7 Å². The maximum Gasteiger partial charge on any atom is 0.281 e. The van der Waals surface area contributed by atoms with Crippen LogP contribution in [0.5, 0.6) is 0 Å². The number of nitrogens with zero attached hydrogens (tertiary/aromatic N) is 2. The highest BCUT2D eigenvalue weighted by Gasteiger charge is 2.17. The summed E-state index contributed by atoms with van der Waals surface area (Å²) in [4.78, 5) is 3.54. The van der Waals surface area contributed by atoms with Gasteiger partial charge in [0.15, 0.2) is 0 Å². The molecule has 13 heavy (non-hydrogen) atoms. The van der Waals surface area contributed by atoms with Crippen molar-refractivity contribution in [3.63, 3.8) is 0 Å². The van der Waals surface area contributed by atoms with Crippen molar-refractivity contribution in [2.24, 2.45) is 0 Å². The lowest BCUT2D eigenvalue weighted by Gasteiger charge is -2.04. The molecule has 1 aromatic heterocycles. The number of nitriles is 1. The van der Waals surface area contributed by atoms with Crippen LogP contribution >= 0.6 is 22.6 Å². The molecule has 6 heteroatoms. The van der Waals surface area contributed by atoms with E-state index in [9.17, 15) is 8.78 Å². The van der Waals surface area contributed by atoms with Gasteiger partial charge in [-0.05, 0) is 28.7 Å². The van der Waals surface area contributed by atoms with Gasteiger partial charge in [-0.1, -0.05) is 0 Å². The topological polar surface area (TPSA) is 62.7 Å². The van der Waals surface area contributed by atoms with E-state index in [4.69, 9.17) is 11.0 Å². The first kappa shape index (κ1) is 10.1. The third kappa shape index (κ3) is 2.03. The van der Waals surface area contributed by atoms with Crippen molar-refractivity contribution >= 4 is 28.3 Å². The summed E-state index contributed by atoms with van der Waals surface area (Å²) in [6.07, 6.45) is -2.77. The highest BCUT2D eigenvalue weighted by molar-refractivity contribution is 14.1. The van der Waals surface area contributed by atoms with Gasteiger partial charge in [0, 0.05) is 0 Å². The Balaban J connectivity index is 3.41. The summed E-state index contributed by atoms with van der Waals surface area (Å²) in [5.74, 6) is 0. The van der Waals surface area contributed by atoms with Gasteiger partial charge in [0.1, 0.15) is 21.0 Å². The van der Waals surface area contributed by atoms with Gasteiger partial charge < -0.3 is 5.73 Å². The van der Waals surface area contributed by atoms with Gasteiger partial charge in [-0.25, -0.2) is 13.8 Å². The minimum absolute atomic E-state index is 0.0391. The number of hydrogen-bond acceptors (Lipinski definition) is 3. The number of nitrogen functional groups attached to an aromatic ring is 1. The molecule has 3 nitrogen and oxygen atoms in total. The smallest absolute Gasteiger partial charge is 0.281 e. The van der Waals surface area contributed by atoms with Crippen LogP contribution in [0.3, 0.4) is 0 Å². The van der Waals surface area contributed by atoms with Crippen LogP contribution in [0.2, 0.25) is 0 Å². The summed E-state index contributed by atoms with van der Waals surface area (Å²) in [7, 11) is 0. The molecule has 0 amide bonds. The first-order valence-electron chi connectivity index (χ1n) is 3.20. The molecule has 0 aliphatic heterocycles. The summed E-state index contributed by atoms with van der Waals surface area (Å²) in [5.41, 5.74) is 4.62. The zero-order valence-corrected chi connectivity index (χ0v) is 8.42. The lowest BCUT2D eigenvalue weighted by molar-refractivity contribution is 0.145. The van der Waals surface area contributed by atoms with E-state index in [1.165, 1.54) is 6.07 Å². The van der Waals surface area contributed by atoms with Gasteiger partial charge in [-0.2, -0.15) is 5.26 Å². The van der Waals surface area contributed by atoms with Crippen molar-refractivity contribution in [3.05, 3.63) is 21.0 Å². The van der Waals surface area contributed by atoms with Crippen LogP contribution in [0, 0.1) is 15.0 Å². The molecule has 0 atom stereocenters. The fraction of sp³-hybridized carbons (Fsp3) is 0.143. The molecule has 0 fully saturated rings. The molecule has 0 radical (unpaired) electrons. The van der Waals surface area contributed by atoms with Gasteiger partial charge in [0.2, 0.25) is 0 Å². The second-order valence-electron chi connectivity index (χ2n) is 2.21. The first-order valence-corrected chi connectivity index (χ1v) is 4.28. The Bertz CT molecular complexity index is 373. The average Bonchev–Trinajstić information content (AvgIpc) is 2.02. The monoisotopic (exact) mass is 295 g/mol. The molecule has 1 heterocycles. The van der Waals surface area contributed by atoms with Crippen LogP contribution in [-0.2, 0) is 0 Å². The Labute approximate surface area is 86.7 Å². The molecular weight excluding hydrogens is 291 g/mol. The van der Waals surface area contributed by atoms with Crippen molar-refractivity contribution in [2.45, 2.75) is 6.43 Å². The Morgan fingerprint density at radius 3 is 2.69 bits per heavy atom. The van der Waals surface area contributed by atoms with E-state index in [0.29, 0.717) is 3.70 Å². The fourth-order valence-electron chi connectivity index (χ4n) is 0.831. The zero-order chi connectivity index (χ0) is 10.0. The van der Waals surface area contributed by atoms with Crippen LogP contribution < -0.4 is 5.73 Å². The largest absolute Gasteiger partial charge is 0.398 e. The van der Waals surface area contributed by atoms with Gasteiger partial charge >= 0.3 is 0 Å². The van der Waals surface area contributed by atoms with Gasteiger partial charge in [0.05, 0.1) is 5.69 Å². The summed E-state index contributed by atoms with van der Waals surface area (Å²) < 4.78 is 25.0. The standard InChI is InChI=1S/C7H4F2IN3/c8-7(9)6-3(2-11)4(12)1-5(10)13-6/h1,7H,(H2,12,13). The van der Waals surface area contributed by atoms with E-state index < -0.39 is 12.1 Å². The predicted octanol–water partition coefficient (Wildman–Crippen LogP) is 2.08. The van der Waals surface area contributed by atoms with Gasteiger partial charge in [-0.3, -0.25) is 0 Å². The molecular formula is C7H4F2IN3. The minimum Gasteiger partial charge on any atom is -0.398 e. The average molecular weight is 295 g/mol. The Hall–Kier alpha value is -0.970. The molecule has 0 aliphatic carbocycles. The molecule has 2 N–H and O–H groups in total. The van der Waals surface area contributed by atoms with Gasteiger partial charge in [0.25, 0.3) is 6.43 Å². The molecule has 0 aromatic carbocycles. The highest BCUT2D eigenvalue weighted by Crippen LogP contribution is 2.25. The van der Waals surface area contributed by atoms with Crippen LogP contribution in [0.15, 0.2) is 6.07 Å². The molecule has 1 aromatic rings. The Kier molecular flexibility index (Phi) is 2.98. The maximum absolute atomic E-state index is 12.3. The zero-order valence-electron chi connectivity index (χ0n) is 6.26. The lowest BCUT2D eigenvalue weighted by atomic mass is 10.2. The van der Waals surface area contributed by atoms with Crippen molar-refractivity contribution in [1.29, 1.82) is 5.26 Å². The summed E-state index contributed by atoms with van der Waals surface area (Å²) in [5, 5.41) is 8.53. The molecule has 0 saturated carbocycles. The lowest BCUT2D eigenvalue weighted by Crippen LogP contribution is -2.02. The third-order valence-corrected chi connectivity index (χ3v) is 1.92. The maximum atomic E-state index is 12.3. The Morgan fingerprint density at radius 2 is 2.23 bits per heavy atom. The van der Waals surface area contributed by atoms with Crippen LogP contribution in [0.25, 0.3) is 0 Å². The Morgan fingerprint density at radius 1 is 1.62 bits per heavy atom. The number of anilines is 1. The predicted molar refractivity (Wildman–Crippen MR) is 51.0 cm³/mol. The van der Waals surface area contributed by atoms with Gasteiger partial charge in [-0.15, -0.1) is 0 Å². The molecule has 1 rings (SSSR count). The number of aromatic nitrogens is 1. The van der Waals surface area contributed by atoms with Crippen molar-refractivity contribution < 1.29 is 8.78 Å². The summed E-state index contributed by atoms with van der Waals surface area (Å²) in [6.45, 7) is 0. The first-order chi connectivity index (χ1) is 6.06. The third-order valence-electron chi connectivity index (χ3n) is 1.37. The van der Waals surface area contributed by atoms with Crippen LogP contribution in [0.4, 0.5) is 14.5 Å². The molecule has 0 unspecified atom stereocenters. The molecule has 0 saturated heterocycles. The van der Waals surface area contributed by atoms with E-state index >= 15 is 0 Å². The summed E-state index contributed by atoms with van der Waals surface area (Å²) >= 11 is 1.76. The molecule has 68 valence electrons. The minimum atomic E-state index is -2.77. The number of halogens is 3.